The molecule has 6 heteroatoms. The highest BCUT2D eigenvalue weighted by molar-refractivity contribution is 6.35. The summed E-state index contributed by atoms with van der Waals surface area (Å²) in [5, 5.41) is 2.05. The van der Waals surface area contributed by atoms with Crippen LogP contribution in [0.2, 0.25) is 20.1 Å². The van der Waals surface area contributed by atoms with Crippen LogP contribution in [-0.4, -0.2) is 0 Å². The molecule has 0 amide bonds. The first-order valence-corrected chi connectivity index (χ1v) is 7.32. The summed E-state index contributed by atoms with van der Waals surface area (Å²) in [6.45, 7) is 0. The van der Waals surface area contributed by atoms with Crippen LogP contribution in [0.5, 0.6) is 0 Å². The summed E-state index contributed by atoms with van der Waals surface area (Å²) in [5.74, 6) is 0. The average molecular weight is 350 g/mol. The van der Waals surface area contributed by atoms with Gasteiger partial charge in [-0.2, -0.15) is 0 Å². The SMILES string of the molecule is N[C@@H](c1ccc(Cl)cc1Cl)[C@@H](N)c1ccc(Cl)cc1Cl. The van der Waals surface area contributed by atoms with Crippen molar-refractivity contribution in [2.75, 3.05) is 0 Å². The first-order valence-electron chi connectivity index (χ1n) is 5.81. The van der Waals surface area contributed by atoms with Crippen LogP contribution in [0.4, 0.5) is 0 Å². The molecule has 4 N–H and O–H groups in total. The molecule has 0 fully saturated rings. The molecule has 0 aromatic heterocycles. The van der Waals surface area contributed by atoms with E-state index in [9.17, 15) is 0 Å². The molecular formula is C14H12Cl4N2. The molecule has 2 aromatic carbocycles. The molecule has 2 atom stereocenters. The van der Waals surface area contributed by atoms with E-state index >= 15 is 0 Å². The molecule has 0 saturated carbocycles. The molecule has 0 spiro atoms. The topological polar surface area (TPSA) is 52.0 Å². The third kappa shape index (κ3) is 3.40. The van der Waals surface area contributed by atoms with Gasteiger partial charge in [-0.3, -0.25) is 0 Å². The molecule has 0 bridgehead atoms. The molecule has 2 aromatic rings. The van der Waals surface area contributed by atoms with Gasteiger partial charge in [-0.15, -0.1) is 0 Å². The van der Waals surface area contributed by atoms with E-state index in [4.69, 9.17) is 57.9 Å². The van der Waals surface area contributed by atoms with Crippen molar-refractivity contribution in [3.8, 4) is 0 Å². The summed E-state index contributed by atoms with van der Waals surface area (Å²) >= 11 is 24.0. The second-order valence-electron chi connectivity index (χ2n) is 4.38. The van der Waals surface area contributed by atoms with Gasteiger partial charge in [0.2, 0.25) is 0 Å². The van der Waals surface area contributed by atoms with Crippen LogP contribution in [0.25, 0.3) is 0 Å². The fourth-order valence-electron chi connectivity index (χ4n) is 1.93. The summed E-state index contributed by atoms with van der Waals surface area (Å²) in [6, 6.07) is 9.23. The molecular weight excluding hydrogens is 338 g/mol. The summed E-state index contributed by atoms with van der Waals surface area (Å²) < 4.78 is 0. The second-order valence-corrected chi connectivity index (χ2v) is 6.07. The fraction of sp³-hybridized carbons (Fsp3) is 0.143. The minimum Gasteiger partial charge on any atom is -0.322 e. The molecule has 0 aliphatic carbocycles. The van der Waals surface area contributed by atoms with E-state index in [1.165, 1.54) is 0 Å². The van der Waals surface area contributed by atoms with Gasteiger partial charge in [0.05, 0.1) is 12.1 Å². The Balaban J connectivity index is 2.34. The van der Waals surface area contributed by atoms with Gasteiger partial charge in [-0.1, -0.05) is 58.5 Å². The van der Waals surface area contributed by atoms with Crippen molar-refractivity contribution in [2.24, 2.45) is 11.5 Å². The molecule has 2 rings (SSSR count). The van der Waals surface area contributed by atoms with Gasteiger partial charge in [0.1, 0.15) is 0 Å². The van der Waals surface area contributed by atoms with Gasteiger partial charge in [-0.25, -0.2) is 0 Å². The molecule has 0 aliphatic rings. The monoisotopic (exact) mass is 348 g/mol. The Kier molecular flexibility index (Phi) is 5.19. The predicted octanol–water partition coefficient (Wildman–Crippen LogP) is 5.00. The standard InChI is InChI=1S/C14H12Cl4N2/c15-7-1-3-9(11(17)5-7)13(19)14(20)10-4-2-8(16)6-12(10)18/h1-6,13-14H,19-20H2/t13-,14-/m0/s1. The number of hydrogen-bond acceptors (Lipinski definition) is 2. The Bertz CT molecular complexity index is 575. The maximum atomic E-state index is 6.18. The fourth-order valence-corrected chi connectivity index (χ4v) is 3.00. The highest BCUT2D eigenvalue weighted by Gasteiger charge is 2.21. The molecule has 0 saturated heterocycles. The van der Waals surface area contributed by atoms with E-state index in [0.717, 1.165) is 11.1 Å². The maximum absolute atomic E-state index is 6.18. The van der Waals surface area contributed by atoms with E-state index in [1.54, 1.807) is 36.4 Å². The van der Waals surface area contributed by atoms with E-state index in [-0.39, 0.29) is 0 Å². The Morgan fingerprint density at radius 3 is 1.30 bits per heavy atom. The van der Waals surface area contributed by atoms with Gasteiger partial charge >= 0.3 is 0 Å². The Hall–Kier alpha value is -0.480. The van der Waals surface area contributed by atoms with Crippen LogP contribution >= 0.6 is 46.4 Å². The second kappa shape index (κ2) is 6.52. The predicted molar refractivity (Wildman–Crippen MR) is 86.8 cm³/mol. The quantitative estimate of drug-likeness (QED) is 0.819. The van der Waals surface area contributed by atoms with Crippen LogP contribution in [0.3, 0.4) is 0 Å². The number of hydrogen-bond donors (Lipinski definition) is 2. The third-order valence-electron chi connectivity index (χ3n) is 3.03. The first kappa shape index (κ1) is 15.9. The van der Waals surface area contributed by atoms with Crippen molar-refractivity contribution in [3.63, 3.8) is 0 Å². The lowest BCUT2D eigenvalue weighted by molar-refractivity contribution is 0.575. The van der Waals surface area contributed by atoms with E-state index in [0.29, 0.717) is 20.1 Å². The zero-order valence-electron chi connectivity index (χ0n) is 10.3. The van der Waals surface area contributed by atoms with Crippen molar-refractivity contribution >= 4 is 46.4 Å². The van der Waals surface area contributed by atoms with Gasteiger partial charge in [0.25, 0.3) is 0 Å². The third-order valence-corrected chi connectivity index (χ3v) is 4.15. The van der Waals surface area contributed by atoms with Crippen LogP contribution in [0.15, 0.2) is 36.4 Å². The van der Waals surface area contributed by atoms with Gasteiger partial charge in [-0.05, 0) is 35.4 Å². The highest BCUT2D eigenvalue weighted by Crippen LogP contribution is 2.34. The highest BCUT2D eigenvalue weighted by atomic mass is 35.5. The lowest BCUT2D eigenvalue weighted by Gasteiger charge is -2.22. The minimum atomic E-state index is -0.501. The molecule has 0 unspecified atom stereocenters. The first-order chi connectivity index (χ1) is 9.40. The average Bonchev–Trinajstić information content (AvgIpc) is 2.37. The summed E-state index contributed by atoms with van der Waals surface area (Å²) in [6.07, 6.45) is 0. The number of nitrogens with two attached hydrogens (primary N) is 2. The number of benzene rings is 2. The largest absolute Gasteiger partial charge is 0.322 e. The molecule has 2 nitrogen and oxygen atoms in total. The van der Waals surface area contributed by atoms with E-state index in [1.807, 2.05) is 0 Å². The molecule has 20 heavy (non-hydrogen) atoms. The minimum absolute atomic E-state index is 0.477. The van der Waals surface area contributed by atoms with Crippen molar-refractivity contribution in [2.45, 2.75) is 12.1 Å². The van der Waals surface area contributed by atoms with Crippen molar-refractivity contribution in [3.05, 3.63) is 67.6 Å². The Labute approximate surface area is 137 Å². The summed E-state index contributed by atoms with van der Waals surface area (Å²) in [7, 11) is 0. The molecule has 0 heterocycles. The zero-order valence-corrected chi connectivity index (χ0v) is 13.3. The summed E-state index contributed by atoms with van der Waals surface area (Å²) in [5.41, 5.74) is 13.8. The van der Waals surface area contributed by atoms with Crippen molar-refractivity contribution in [1.29, 1.82) is 0 Å². The van der Waals surface area contributed by atoms with Crippen LogP contribution in [-0.2, 0) is 0 Å². The van der Waals surface area contributed by atoms with Gasteiger partial charge in [0, 0.05) is 20.1 Å². The smallest absolute Gasteiger partial charge is 0.0506 e. The number of rotatable bonds is 3. The van der Waals surface area contributed by atoms with Crippen molar-refractivity contribution in [1.82, 2.24) is 0 Å². The Morgan fingerprint density at radius 1 is 0.650 bits per heavy atom. The van der Waals surface area contributed by atoms with E-state index in [2.05, 4.69) is 0 Å². The summed E-state index contributed by atoms with van der Waals surface area (Å²) in [4.78, 5) is 0. The lowest BCUT2D eigenvalue weighted by Crippen LogP contribution is -2.27. The Morgan fingerprint density at radius 2 is 1.00 bits per heavy atom. The van der Waals surface area contributed by atoms with Gasteiger partial charge in [0.15, 0.2) is 0 Å². The van der Waals surface area contributed by atoms with Crippen molar-refractivity contribution < 1.29 is 0 Å². The molecule has 0 radical (unpaired) electrons. The normalized spacial score (nSPS) is 14.1. The lowest BCUT2D eigenvalue weighted by atomic mass is 9.95. The van der Waals surface area contributed by atoms with Gasteiger partial charge < -0.3 is 11.5 Å². The number of halogens is 4. The molecule has 106 valence electrons. The van der Waals surface area contributed by atoms with Crippen LogP contribution in [0, 0.1) is 0 Å². The van der Waals surface area contributed by atoms with Crippen LogP contribution < -0.4 is 11.5 Å². The van der Waals surface area contributed by atoms with Crippen LogP contribution in [0.1, 0.15) is 23.2 Å². The molecule has 0 aliphatic heterocycles. The zero-order chi connectivity index (χ0) is 14.9. The van der Waals surface area contributed by atoms with E-state index < -0.39 is 12.1 Å². The maximum Gasteiger partial charge on any atom is 0.0506 e.